The summed E-state index contributed by atoms with van der Waals surface area (Å²) in [6.45, 7) is 0.506. The van der Waals surface area contributed by atoms with E-state index in [-0.39, 0.29) is 5.91 Å². The molecule has 0 aliphatic carbocycles. The van der Waals surface area contributed by atoms with Crippen molar-refractivity contribution in [3.05, 3.63) is 101 Å². The molecular weight excluding hydrogens is 404 g/mol. The van der Waals surface area contributed by atoms with Crippen LogP contribution in [0.4, 0.5) is 5.69 Å². The number of hydrogen-bond acceptors (Lipinski definition) is 3. The fourth-order valence-corrected chi connectivity index (χ4v) is 3.35. The van der Waals surface area contributed by atoms with Crippen LogP contribution in [0.25, 0.3) is 6.08 Å². The molecule has 0 bridgehead atoms. The van der Waals surface area contributed by atoms with E-state index in [0.29, 0.717) is 28.1 Å². The van der Waals surface area contributed by atoms with Crippen molar-refractivity contribution in [3.63, 3.8) is 0 Å². The van der Waals surface area contributed by atoms with Gasteiger partial charge in [-0.05, 0) is 65.8 Å². The molecule has 1 amide bonds. The summed E-state index contributed by atoms with van der Waals surface area (Å²) in [4.78, 5) is 14.2. The van der Waals surface area contributed by atoms with Gasteiger partial charge in [-0.3, -0.25) is 9.69 Å². The quantitative estimate of drug-likeness (QED) is 0.456. The molecule has 4 rings (SSSR count). The molecule has 0 atom stereocenters. The zero-order chi connectivity index (χ0) is 20.2. The van der Waals surface area contributed by atoms with Crippen molar-refractivity contribution < 1.29 is 9.53 Å². The Balaban J connectivity index is 1.45. The first kappa shape index (κ1) is 19.2. The number of hydrogen-bond donors (Lipinski definition) is 1. The number of ether oxygens (including phenoxy) is 1. The van der Waals surface area contributed by atoms with Gasteiger partial charge in [0.2, 0.25) is 0 Å². The third-order valence-electron chi connectivity index (χ3n) is 4.40. The van der Waals surface area contributed by atoms with Gasteiger partial charge in [0, 0.05) is 5.02 Å². The molecule has 3 aromatic carbocycles. The van der Waals surface area contributed by atoms with E-state index in [9.17, 15) is 4.79 Å². The molecule has 1 fully saturated rings. The Morgan fingerprint density at radius 2 is 1.66 bits per heavy atom. The van der Waals surface area contributed by atoms with E-state index in [0.717, 1.165) is 16.9 Å². The normalized spacial score (nSPS) is 14.9. The van der Waals surface area contributed by atoms with Crippen LogP contribution in [-0.4, -0.2) is 11.0 Å². The van der Waals surface area contributed by atoms with Crippen LogP contribution in [0.2, 0.25) is 5.02 Å². The zero-order valence-corrected chi connectivity index (χ0v) is 16.9. The molecule has 0 aromatic heterocycles. The third-order valence-corrected chi connectivity index (χ3v) is 4.94. The van der Waals surface area contributed by atoms with E-state index in [4.69, 9.17) is 28.6 Å². The van der Waals surface area contributed by atoms with Crippen LogP contribution in [0.5, 0.6) is 5.75 Å². The Kier molecular flexibility index (Phi) is 5.60. The first-order valence-corrected chi connectivity index (χ1v) is 9.78. The van der Waals surface area contributed by atoms with Crippen LogP contribution in [0.1, 0.15) is 11.1 Å². The number of anilines is 1. The Bertz CT molecular complexity index is 1060. The summed E-state index contributed by atoms with van der Waals surface area (Å²) in [7, 11) is 0. The number of nitrogens with zero attached hydrogens (tertiary/aromatic N) is 1. The van der Waals surface area contributed by atoms with Gasteiger partial charge in [-0.1, -0.05) is 54.1 Å². The molecule has 3 aromatic rings. The number of thiocarbonyl (C=S) groups is 1. The fraction of sp³-hybridized carbons (Fsp3) is 0.0435. The molecule has 1 aliphatic heterocycles. The van der Waals surface area contributed by atoms with Gasteiger partial charge in [-0.15, -0.1) is 0 Å². The first-order chi connectivity index (χ1) is 14.1. The molecule has 1 saturated heterocycles. The summed E-state index contributed by atoms with van der Waals surface area (Å²) in [5, 5.41) is 3.92. The van der Waals surface area contributed by atoms with Crippen molar-refractivity contribution in [2.24, 2.45) is 0 Å². The summed E-state index contributed by atoms with van der Waals surface area (Å²) in [6.07, 6.45) is 1.77. The van der Waals surface area contributed by atoms with Crippen LogP contribution in [0, 0.1) is 0 Å². The molecule has 6 heteroatoms. The highest BCUT2D eigenvalue weighted by Crippen LogP contribution is 2.24. The van der Waals surface area contributed by atoms with E-state index in [2.05, 4.69) is 5.32 Å². The lowest BCUT2D eigenvalue weighted by Gasteiger charge is -2.13. The second-order valence-corrected chi connectivity index (χ2v) is 7.27. The van der Waals surface area contributed by atoms with Gasteiger partial charge in [-0.25, -0.2) is 0 Å². The zero-order valence-electron chi connectivity index (χ0n) is 15.3. The van der Waals surface area contributed by atoms with Crippen LogP contribution in [0.3, 0.4) is 0 Å². The Hall–Kier alpha value is -3.15. The minimum Gasteiger partial charge on any atom is -0.489 e. The average Bonchev–Trinajstić information content (AvgIpc) is 3.02. The maximum Gasteiger partial charge on any atom is 0.281 e. The highest BCUT2D eigenvalue weighted by atomic mass is 35.5. The second-order valence-electron chi connectivity index (χ2n) is 6.45. The molecule has 1 aliphatic rings. The number of carbonyl (C=O) groups is 1. The molecule has 1 N–H and O–H groups in total. The monoisotopic (exact) mass is 420 g/mol. The molecule has 29 heavy (non-hydrogen) atoms. The van der Waals surface area contributed by atoms with Gasteiger partial charge in [0.05, 0.1) is 5.69 Å². The van der Waals surface area contributed by atoms with Crippen LogP contribution >= 0.6 is 23.8 Å². The van der Waals surface area contributed by atoms with Crippen molar-refractivity contribution >= 4 is 46.6 Å². The number of halogens is 1. The largest absolute Gasteiger partial charge is 0.489 e. The minimum absolute atomic E-state index is 0.207. The van der Waals surface area contributed by atoms with Crippen molar-refractivity contribution in [1.29, 1.82) is 0 Å². The summed E-state index contributed by atoms with van der Waals surface area (Å²) >= 11 is 11.3. The Labute approximate surface area is 179 Å². The van der Waals surface area contributed by atoms with Crippen LogP contribution in [-0.2, 0) is 11.4 Å². The summed E-state index contributed by atoms with van der Waals surface area (Å²) in [5.74, 6) is 0.557. The lowest BCUT2D eigenvalue weighted by Crippen LogP contribution is -2.30. The smallest absolute Gasteiger partial charge is 0.281 e. The van der Waals surface area contributed by atoms with Crippen molar-refractivity contribution in [1.82, 2.24) is 5.32 Å². The SMILES string of the molecule is O=C1/C(=C/c2ccc(OCc3ccccc3)cc2)NC(=S)N1c1ccc(Cl)cc1. The highest BCUT2D eigenvalue weighted by Gasteiger charge is 2.31. The van der Waals surface area contributed by atoms with E-state index in [1.807, 2.05) is 54.6 Å². The Morgan fingerprint density at radius 3 is 2.34 bits per heavy atom. The standard InChI is InChI=1S/C23H17ClN2O2S/c24-18-8-10-19(11-9-18)26-22(27)21(25-23(26)29)14-16-6-12-20(13-7-16)28-15-17-4-2-1-3-5-17/h1-14H,15H2,(H,25,29)/b21-14-. The van der Waals surface area contributed by atoms with Gasteiger partial charge in [0.15, 0.2) is 5.11 Å². The maximum atomic E-state index is 12.8. The third kappa shape index (κ3) is 4.47. The van der Waals surface area contributed by atoms with E-state index in [1.165, 1.54) is 4.90 Å². The molecule has 1 heterocycles. The molecule has 0 unspecified atom stereocenters. The topological polar surface area (TPSA) is 41.6 Å². The summed E-state index contributed by atoms with van der Waals surface area (Å²) in [6, 6.07) is 24.5. The average molecular weight is 421 g/mol. The fourth-order valence-electron chi connectivity index (χ4n) is 2.93. The number of rotatable bonds is 5. The summed E-state index contributed by atoms with van der Waals surface area (Å²) in [5.41, 5.74) is 3.07. The molecule has 0 saturated carbocycles. The van der Waals surface area contributed by atoms with Gasteiger partial charge >= 0.3 is 0 Å². The van der Waals surface area contributed by atoms with Crippen molar-refractivity contribution in [2.75, 3.05) is 4.90 Å². The van der Waals surface area contributed by atoms with Gasteiger partial charge < -0.3 is 10.1 Å². The number of nitrogens with one attached hydrogen (secondary N) is 1. The predicted octanol–water partition coefficient (Wildman–Crippen LogP) is 5.18. The van der Waals surface area contributed by atoms with E-state index < -0.39 is 0 Å². The molecule has 144 valence electrons. The molecular formula is C23H17ClN2O2S. The van der Waals surface area contributed by atoms with Gasteiger partial charge in [0.25, 0.3) is 5.91 Å². The highest BCUT2D eigenvalue weighted by molar-refractivity contribution is 7.80. The Morgan fingerprint density at radius 1 is 0.966 bits per heavy atom. The van der Waals surface area contributed by atoms with Gasteiger partial charge in [-0.2, -0.15) is 0 Å². The molecule has 4 nitrogen and oxygen atoms in total. The van der Waals surface area contributed by atoms with Crippen molar-refractivity contribution in [3.8, 4) is 5.75 Å². The van der Waals surface area contributed by atoms with E-state index in [1.54, 1.807) is 30.3 Å². The number of benzene rings is 3. The van der Waals surface area contributed by atoms with E-state index >= 15 is 0 Å². The summed E-state index contributed by atoms with van der Waals surface area (Å²) < 4.78 is 5.80. The lowest BCUT2D eigenvalue weighted by molar-refractivity contribution is -0.113. The van der Waals surface area contributed by atoms with Gasteiger partial charge in [0.1, 0.15) is 18.1 Å². The van der Waals surface area contributed by atoms with Crippen LogP contribution < -0.4 is 15.0 Å². The maximum absolute atomic E-state index is 12.8. The predicted molar refractivity (Wildman–Crippen MR) is 120 cm³/mol. The lowest BCUT2D eigenvalue weighted by atomic mass is 10.2. The molecule has 0 spiro atoms. The number of amides is 1. The van der Waals surface area contributed by atoms with Crippen molar-refractivity contribution in [2.45, 2.75) is 6.61 Å². The second kappa shape index (κ2) is 8.47. The molecule has 0 radical (unpaired) electrons. The first-order valence-electron chi connectivity index (χ1n) is 9.00. The minimum atomic E-state index is -0.207. The van der Waals surface area contributed by atoms with Crippen LogP contribution in [0.15, 0.2) is 84.6 Å². The number of carbonyl (C=O) groups excluding carboxylic acids is 1.